The van der Waals surface area contributed by atoms with Crippen LogP contribution in [0.4, 0.5) is 0 Å². The molecule has 2 heterocycles. The van der Waals surface area contributed by atoms with Gasteiger partial charge in [0.05, 0.1) is 7.11 Å². The summed E-state index contributed by atoms with van der Waals surface area (Å²) in [4.78, 5) is 16.0. The quantitative estimate of drug-likeness (QED) is 0.700. The molecule has 0 aliphatic carbocycles. The van der Waals surface area contributed by atoms with Crippen LogP contribution in [0.5, 0.6) is 11.5 Å². The van der Waals surface area contributed by atoms with E-state index in [1.807, 2.05) is 18.2 Å². The fourth-order valence-corrected chi connectivity index (χ4v) is 3.66. The maximum absolute atomic E-state index is 11.5. The number of carbonyl (C=O) groups excluding carboxylic acids is 1. The standard InChI is InChI=1S/C20H31N3O4/c1-26-19-12-16(13-23-10-6-20(25)21-7-11-23)4-5-18(19)27-15-17(24)14-22-8-2-3-9-22/h4-5,12,17,24H,2-3,6-11,13-15H2,1H3,(H,21,25)/t17-/m1/s1. The third-order valence-electron chi connectivity index (χ3n) is 5.14. The molecule has 1 aromatic carbocycles. The van der Waals surface area contributed by atoms with Gasteiger partial charge in [0.25, 0.3) is 0 Å². The average Bonchev–Trinajstić information content (AvgIpc) is 3.09. The van der Waals surface area contributed by atoms with Crippen LogP contribution < -0.4 is 14.8 Å². The van der Waals surface area contributed by atoms with Crippen molar-refractivity contribution in [1.29, 1.82) is 0 Å². The van der Waals surface area contributed by atoms with E-state index in [1.165, 1.54) is 12.8 Å². The molecule has 0 radical (unpaired) electrons. The van der Waals surface area contributed by atoms with Crippen LogP contribution in [-0.2, 0) is 11.3 Å². The van der Waals surface area contributed by atoms with Crippen molar-refractivity contribution < 1.29 is 19.4 Å². The summed E-state index contributed by atoms with van der Waals surface area (Å²) in [5, 5.41) is 13.1. The predicted octanol–water partition coefficient (Wildman–Crippen LogP) is 0.853. The smallest absolute Gasteiger partial charge is 0.221 e. The number of β-amino-alcohol motifs (C(OH)–C–C–N with tert-alkyl or cyclic N) is 1. The summed E-state index contributed by atoms with van der Waals surface area (Å²) < 4.78 is 11.3. The Balaban J connectivity index is 1.52. The van der Waals surface area contributed by atoms with Crippen LogP contribution in [0.2, 0.25) is 0 Å². The maximum Gasteiger partial charge on any atom is 0.221 e. The van der Waals surface area contributed by atoms with Crippen LogP contribution >= 0.6 is 0 Å². The Labute approximate surface area is 161 Å². The molecule has 1 atom stereocenters. The highest BCUT2D eigenvalue weighted by atomic mass is 16.5. The van der Waals surface area contributed by atoms with Crippen molar-refractivity contribution in [2.75, 3.05) is 53.0 Å². The number of benzene rings is 1. The number of amides is 1. The SMILES string of the molecule is COc1cc(CN2CCNC(=O)CC2)ccc1OC[C@H](O)CN1CCCC1. The lowest BCUT2D eigenvalue weighted by molar-refractivity contribution is -0.120. The van der Waals surface area contributed by atoms with E-state index in [-0.39, 0.29) is 12.5 Å². The van der Waals surface area contributed by atoms with Crippen molar-refractivity contribution in [1.82, 2.24) is 15.1 Å². The molecule has 2 aliphatic heterocycles. The zero-order valence-corrected chi connectivity index (χ0v) is 16.2. The Bertz CT molecular complexity index is 619. The molecule has 3 rings (SSSR count). The van der Waals surface area contributed by atoms with Gasteiger partial charge in [0.2, 0.25) is 5.91 Å². The van der Waals surface area contributed by atoms with Crippen molar-refractivity contribution in [2.45, 2.75) is 31.9 Å². The van der Waals surface area contributed by atoms with Crippen molar-refractivity contribution in [2.24, 2.45) is 0 Å². The van der Waals surface area contributed by atoms with Crippen LogP contribution in [0, 0.1) is 0 Å². The van der Waals surface area contributed by atoms with Gasteiger partial charge in [-0.15, -0.1) is 0 Å². The van der Waals surface area contributed by atoms with E-state index in [4.69, 9.17) is 9.47 Å². The van der Waals surface area contributed by atoms with Gasteiger partial charge in [-0.05, 0) is 43.6 Å². The number of aliphatic hydroxyl groups excluding tert-OH is 1. The normalized spacial score (nSPS) is 20.1. The first kappa shape index (κ1) is 19.9. The van der Waals surface area contributed by atoms with E-state index in [1.54, 1.807) is 7.11 Å². The lowest BCUT2D eigenvalue weighted by atomic mass is 10.2. The zero-order chi connectivity index (χ0) is 19.1. The minimum atomic E-state index is -0.505. The van der Waals surface area contributed by atoms with Gasteiger partial charge in [0.1, 0.15) is 12.7 Å². The second-order valence-corrected chi connectivity index (χ2v) is 7.33. The van der Waals surface area contributed by atoms with Crippen LogP contribution in [0.1, 0.15) is 24.8 Å². The largest absolute Gasteiger partial charge is 0.493 e. The first-order chi connectivity index (χ1) is 13.1. The van der Waals surface area contributed by atoms with Crippen molar-refractivity contribution in [3.8, 4) is 11.5 Å². The van der Waals surface area contributed by atoms with Gasteiger partial charge >= 0.3 is 0 Å². The molecule has 0 bridgehead atoms. The summed E-state index contributed by atoms with van der Waals surface area (Å²) in [6.07, 6.45) is 2.45. The summed E-state index contributed by atoms with van der Waals surface area (Å²) in [7, 11) is 1.63. The molecule has 0 unspecified atom stereocenters. The van der Waals surface area contributed by atoms with E-state index in [0.717, 1.165) is 38.3 Å². The van der Waals surface area contributed by atoms with Gasteiger partial charge < -0.3 is 24.8 Å². The minimum absolute atomic E-state index is 0.117. The summed E-state index contributed by atoms with van der Waals surface area (Å²) in [6, 6.07) is 5.89. The minimum Gasteiger partial charge on any atom is -0.493 e. The fraction of sp³-hybridized carbons (Fsp3) is 0.650. The number of methoxy groups -OCH3 is 1. The van der Waals surface area contributed by atoms with Crippen LogP contribution in [0.3, 0.4) is 0 Å². The Kier molecular flexibility index (Phi) is 7.32. The highest BCUT2D eigenvalue weighted by molar-refractivity contribution is 5.76. The number of aliphatic hydroxyl groups is 1. The molecule has 0 spiro atoms. The van der Waals surface area contributed by atoms with Gasteiger partial charge in [0.15, 0.2) is 11.5 Å². The van der Waals surface area contributed by atoms with Gasteiger partial charge in [-0.2, -0.15) is 0 Å². The number of hydrogen-bond acceptors (Lipinski definition) is 6. The summed E-state index contributed by atoms with van der Waals surface area (Å²) in [6.45, 7) is 6.09. The zero-order valence-electron chi connectivity index (χ0n) is 16.2. The topological polar surface area (TPSA) is 74.3 Å². The fourth-order valence-electron chi connectivity index (χ4n) is 3.66. The van der Waals surface area contributed by atoms with E-state index >= 15 is 0 Å². The van der Waals surface area contributed by atoms with Crippen LogP contribution in [-0.4, -0.2) is 79.9 Å². The highest BCUT2D eigenvalue weighted by Gasteiger charge is 2.18. The van der Waals surface area contributed by atoms with Crippen LogP contribution in [0.25, 0.3) is 0 Å². The highest BCUT2D eigenvalue weighted by Crippen LogP contribution is 2.29. The number of nitrogens with zero attached hydrogens (tertiary/aromatic N) is 2. The number of carbonyl (C=O) groups is 1. The van der Waals surface area contributed by atoms with E-state index < -0.39 is 6.10 Å². The maximum atomic E-state index is 11.5. The predicted molar refractivity (Wildman–Crippen MR) is 103 cm³/mol. The van der Waals surface area contributed by atoms with E-state index in [9.17, 15) is 9.90 Å². The molecule has 2 aliphatic rings. The average molecular weight is 377 g/mol. The number of rotatable bonds is 8. The summed E-state index contributed by atoms with van der Waals surface area (Å²) in [5.74, 6) is 1.44. The van der Waals surface area contributed by atoms with Gasteiger partial charge in [-0.1, -0.05) is 6.07 Å². The van der Waals surface area contributed by atoms with E-state index in [2.05, 4.69) is 15.1 Å². The molecular formula is C20H31N3O4. The second kappa shape index (κ2) is 9.92. The molecule has 0 saturated carbocycles. The first-order valence-corrected chi connectivity index (χ1v) is 9.83. The summed E-state index contributed by atoms with van der Waals surface area (Å²) in [5.41, 5.74) is 1.12. The lowest BCUT2D eigenvalue weighted by Gasteiger charge is -2.21. The van der Waals surface area contributed by atoms with Crippen molar-refractivity contribution in [3.63, 3.8) is 0 Å². The van der Waals surface area contributed by atoms with Gasteiger partial charge in [-0.3, -0.25) is 9.69 Å². The molecule has 7 heteroatoms. The third-order valence-corrected chi connectivity index (χ3v) is 5.14. The van der Waals surface area contributed by atoms with Crippen molar-refractivity contribution in [3.05, 3.63) is 23.8 Å². The van der Waals surface area contributed by atoms with Crippen LogP contribution in [0.15, 0.2) is 18.2 Å². The molecule has 150 valence electrons. The number of likely N-dealkylation sites (tertiary alicyclic amines) is 1. The molecule has 1 aromatic rings. The molecule has 2 N–H and O–H groups in total. The Morgan fingerprint density at radius 3 is 2.74 bits per heavy atom. The molecule has 1 amide bonds. The molecule has 2 fully saturated rings. The van der Waals surface area contributed by atoms with Gasteiger partial charge in [0, 0.05) is 39.1 Å². The Hall–Kier alpha value is -1.83. The molecule has 7 nitrogen and oxygen atoms in total. The lowest BCUT2D eigenvalue weighted by Crippen LogP contribution is -2.33. The molecule has 0 aromatic heterocycles. The summed E-state index contributed by atoms with van der Waals surface area (Å²) >= 11 is 0. The number of hydrogen-bond donors (Lipinski definition) is 2. The van der Waals surface area contributed by atoms with Crippen molar-refractivity contribution >= 4 is 5.91 Å². The second-order valence-electron chi connectivity index (χ2n) is 7.33. The first-order valence-electron chi connectivity index (χ1n) is 9.83. The Morgan fingerprint density at radius 2 is 1.96 bits per heavy atom. The third kappa shape index (κ3) is 6.09. The van der Waals surface area contributed by atoms with E-state index in [0.29, 0.717) is 31.0 Å². The molecule has 2 saturated heterocycles. The Morgan fingerprint density at radius 1 is 1.15 bits per heavy atom. The number of nitrogens with one attached hydrogen (secondary N) is 1. The number of ether oxygens (including phenoxy) is 2. The monoisotopic (exact) mass is 377 g/mol. The molecular weight excluding hydrogens is 346 g/mol. The molecule has 27 heavy (non-hydrogen) atoms. The van der Waals surface area contributed by atoms with Gasteiger partial charge in [-0.25, -0.2) is 0 Å².